The Labute approximate surface area is 95.2 Å². The first kappa shape index (κ1) is 12.2. The molecule has 0 amide bonds. The van der Waals surface area contributed by atoms with E-state index in [0.29, 0.717) is 16.7 Å². The van der Waals surface area contributed by atoms with Crippen LogP contribution in [0.3, 0.4) is 0 Å². The summed E-state index contributed by atoms with van der Waals surface area (Å²) in [5, 5.41) is 0.528. The maximum absolute atomic E-state index is 5.97. The SMILES string of the molecule is CC(C)C1O/C(=C(\Cl)CCl)C(C)(C)O1. The van der Waals surface area contributed by atoms with Crippen molar-refractivity contribution in [1.82, 2.24) is 0 Å². The van der Waals surface area contributed by atoms with E-state index in [0.717, 1.165) is 0 Å². The van der Waals surface area contributed by atoms with E-state index in [-0.39, 0.29) is 12.2 Å². The van der Waals surface area contributed by atoms with Crippen LogP contribution in [0.5, 0.6) is 0 Å². The average Bonchev–Trinajstić information content (AvgIpc) is 2.40. The summed E-state index contributed by atoms with van der Waals surface area (Å²) >= 11 is 11.6. The number of alkyl halides is 1. The Morgan fingerprint density at radius 3 is 2.43 bits per heavy atom. The van der Waals surface area contributed by atoms with E-state index >= 15 is 0 Å². The van der Waals surface area contributed by atoms with Crippen LogP contribution in [-0.2, 0) is 9.47 Å². The standard InChI is InChI=1S/C10H16Cl2O2/c1-6(2)9-13-8(7(12)5-11)10(3,4)14-9/h6,9H,5H2,1-4H3/b8-7-. The molecule has 1 rings (SSSR count). The molecular weight excluding hydrogens is 223 g/mol. The van der Waals surface area contributed by atoms with E-state index in [1.165, 1.54) is 0 Å². The molecule has 14 heavy (non-hydrogen) atoms. The van der Waals surface area contributed by atoms with Crippen LogP contribution in [-0.4, -0.2) is 17.8 Å². The van der Waals surface area contributed by atoms with Crippen molar-refractivity contribution >= 4 is 23.2 Å². The van der Waals surface area contributed by atoms with Crippen molar-refractivity contribution in [3.63, 3.8) is 0 Å². The van der Waals surface area contributed by atoms with Crippen LogP contribution in [0.2, 0.25) is 0 Å². The van der Waals surface area contributed by atoms with Gasteiger partial charge in [-0.05, 0) is 13.8 Å². The zero-order chi connectivity index (χ0) is 10.9. The van der Waals surface area contributed by atoms with Crippen molar-refractivity contribution < 1.29 is 9.47 Å². The largest absolute Gasteiger partial charge is 0.465 e. The Balaban J connectivity index is 2.90. The summed E-state index contributed by atoms with van der Waals surface area (Å²) in [7, 11) is 0. The highest BCUT2D eigenvalue weighted by Crippen LogP contribution is 2.38. The molecule has 0 bridgehead atoms. The third kappa shape index (κ3) is 2.36. The molecule has 0 aromatic heterocycles. The third-order valence-corrected chi connectivity index (χ3v) is 2.81. The molecule has 1 unspecified atom stereocenters. The van der Waals surface area contributed by atoms with Crippen LogP contribution < -0.4 is 0 Å². The second-order valence-electron chi connectivity index (χ2n) is 4.23. The summed E-state index contributed by atoms with van der Waals surface area (Å²) in [4.78, 5) is 0. The monoisotopic (exact) mass is 238 g/mol. The van der Waals surface area contributed by atoms with Gasteiger partial charge < -0.3 is 9.47 Å². The number of halogens is 2. The molecular formula is C10H16Cl2O2. The van der Waals surface area contributed by atoms with Gasteiger partial charge in [0.2, 0.25) is 6.29 Å². The topological polar surface area (TPSA) is 18.5 Å². The maximum Gasteiger partial charge on any atom is 0.202 e. The predicted molar refractivity (Wildman–Crippen MR) is 58.5 cm³/mol. The van der Waals surface area contributed by atoms with Gasteiger partial charge in [-0.15, -0.1) is 11.6 Å². The Morgan fingerprint density at radius 1 is 1.50 bits per heavy atom. The zero-order valence-electron chi connectivity index (χ0n) is 8.93. The Bertz CT molecular complexity index is 247. The van der Waals surface area contributed by atoms with Gasteiger partial charge >= 0.3 is 0 Å². The molecule has 0 aromatic rings. The molecule has 1 atom stereocenters. The van der Waals surface area contributed by atoms with Gasteiger partial charge in [-0.3, -0.25) is 0 Å². The number of rotatable bonds is 2. The quantitative estimate of drug-likeness (QED) is 0.687. The van der Waals surface area contributed by atoms with E-state index in [1.54, 1.807) is 0 Å². The molecule has 0 saturated carbocycles. The van der Waals surface area contributed by atoms with Gasteiger partial charge in [-0.1, -0.05) is 25.4 Å². The fourth-order valence-electron chi connectivity index (χ4n) is 1.35. The summed E-state index contributed by atoms with van der Waals surface area (Å²) in [6.45, 7) is 7.94. The van der Waals surface area contributed by atoms with Crippen LogP contribution in [0.4, 0.5) is 0 Å². The van der Waals surface area contributed by atoms with Crippen LogP contribution in [0.25, 0.3) is 0 Å². The summed E-state index contributed by atoms with van der Waals surface area (Å²) < 4.78 is 11.4. The molecule has 0 N–H and O–H groups in total. The van der Waals surface area contributed by atoms with E-state index in [4.69, 9.17) is 32.7 Å². The highest BCUT2D eigenvalue weighted by atomic mass is 35.5. The molecule has 1 fully saturated rings. The minimum atomic E-state index is -0.471. The first-order valence-electron chi connectivity index (χ1n) is 4.68. The third-order valence-electron chi connectivity index (χ3n) is 2.10. The normalized spacial score (nSPS) is 29.2. The van der Waals surface area contributed by atoms with Gasteiger partial charge in [-0.25, -0.2) is 0 Å². The number of allylic oxidation sites excluding steroid dienone is 1. The Hall–Kier alpha value is 0.0800. The van der Waals surface area contributed by atoms with Crippen LogP contribution >= 0.6 is 23.2 Å². The smallest absolute Gasteiger partial charge is 0.202 e. The van der Waals surface area contributed by atoms with E-state index < -0.39 is 5.60 Å². The molecule has 0 radical (unpaired) electrons. The van der Waals surface area contributed by atoms with Gasteiger partial charge in [0.25, 0.3) is 0 Å². The highest BCUT2D eigenvalue weighted by Gasteiger charge is 2.41. The van der Waals surface area contributed by atoms with Crippen molar-refractivity contribution in [2.75, 3.05) is 5.88 Å². The van der Waals surface area contributed by atoms with E-state index in [9.17, 15) is 0 Å². The highest BCUT2D eigenvalue weighted by molar-refractivity contribution is 6.36. The maximum atomic E-state index is 5.97. The molecule has 4 heteroatoms. The van der Waals surface area contributed by atoms with Crippen LogP contribution in [0.15, 0.2) is 10.8 Å². The lowest BCUT2D eigenvalue weighted by molar-refractivity contribution is -0.103. The van der Waals surface area contributed by atoms with Crippen LogP contribution in [0, 0.1) is 5.92 Å². The summed E-state index contributed by atoms with van der Waals surface area (Å²) in [6.07, 6.45) is -0.225. The Kier molecular flexibility index (Phi) is 3.73. The lowest BCUT2D eigenvalue weighted by atomic mass is 10.1. The van der Waals surface area contributed by atoms with Gasteiger partial charge in [0.15, 0.2) is 0 Å². The molecule has 1 heterocycles. The summed E-state index contributed by atoms with van der Waals surface area (Å²) in [5.74, 6) is 1.22. The van der Waals surface area contributed by atoms with Gasteiger partial charge in [-0.2, -0.15) is 0 Å². The summed E-state index contributed by atoms with van der Waals surface area (Å²) in [5.41, 5.74) is -0.471. The number of hydrogen-bond donors (Lipinski definition) is 0. The molecule has 82 valence electrons. The molecule has 0 aromatic carbocycles. The van der Waals surface area contributed by atoms with Crippen molar-refractivity contribution in [1.29, 1.82) is 0 Å². The fourth-order valence-corrected chi connectivity index (χ4v) is 1.74. The minimum Gasteiger partial charge on any atom is -0.465 e. The number of hydrogen-bond acceptors (Lipinski definition) is 2. The molecule has 0 aliphatic carbocycles. The number of ether oxygens (including phenoxy) is 2. The van der Waals surface area contributed by atoms with Crippen molar-refractivity contribution in [3.8, 4) is 0 Å². The lowest BCUT2D eigenvalue weighted by Gasteiger charge is -2.17. The second-order valence-corrected chi connectivity index (χ2v) is 4.95. The summed E-state index contributed by atoms with van der Waals surface area (Å²) in [6, 6.07) is 0. The second kappa shape index (κ2) is 4.30. The minimum absolute atomic E-state index is 0.225. The van der Waals surface area contributed by atoms with Crippen LogP contribution in [0.1, 0.15) is 27.7 Å². The van der Waals surface area contributed by atoms with Gasteiger partial charge in [0.1, 0.15) is 11.4 Å². The molecule has 1 aliphatic heterocycles. The van der Waals surface area contributed by atoms with Crippen molar-refractivity contribution in [3.05, 3.63) is 10.8 Å². The van der Waals surface area contributed by atoms with Gasteiger partial charge in [0, 0.05) is 5.92 Å². The molecule has 1 saturated heterocycles. The first-order chi connectivity index (χ1) is 6.38. The van der Waals surface area contributed by atoms with E-state index in [1.807, 2.05) is 27.7 Å². The molecule has 2 nitrogen and oxygen atoms in total. The van der Waals surface area contributed by atoms with Crippen molar-refractivity contribution in [2.24, 2.45) is 5.92 Å². The van der Waals surface area contributed by atoms with E-state index in [2.05, 4.69) is 0 Å². The van der Waals surface area contributed by atoms with Gasteiger partial charge in [0.05, 0.1) is 10.9 Å². The van der Waals surface area contributed by atoms with Crippen molar-refractivity contribution in [2.45, 2.75) is 39.6 Å². The molecule has 0 spiro atoms. The predicted octanol–water partition coefficient (Wildman–Crippen LogP) is 3.48. The molecule has 1 aliphatic rings. The zero-order valence-corrected chi connectivity index (χ0v) is 10.4. The fraction of sp³-hybridized carbons (Fsp3) is 0.800. The Morgan fingerprint density at radius 2 is 2.07 bits per heavy atom. The lowest BCUT2D eigenvalue weighted by Crippen LogP contribution is -2.24. The first-order valence-corrected chi connectivity index (χ1v) is 5.59. The average molecular weight is 239 g/mol.